The van der Waals surface area contributed by atoms with E-state index in [2.05, 4.69) is 0 Å². The summed E-state index contributed by atoms with van der Waals surface area (Å²) >= 11 is 0. The van der Waals surface area contributed by atoms with Gasteiger partial charge < -0.3 is 20.5 Å². The molecule has 2 aromatic rings. The zero-order valence-corrected chi connectivity index (χ0v) is 12.3. The number of rotatable bonds is 4. The van der Waals surface area contributed by atoms with Crippen LogP contribution in [0.25, 0.3) is 0 Å². The molecule has 0 saturated carbocycles. The normalized spacial score (nSPS) is 10.2. The number of aryl methyl sites for hydroxylation is 1. The molecule has 21 heavy (non-hydrogen) atoms. The van der Waals surface area contributed by atoms with Crippen LogP contribution in [0, 0.1) is 6.92 Å². The van der Waals surface area contributed by atoms with Crippen molar-refractivity contribution in [2.24, 2.45) is 0 Å². The number of methoxy groups -OCH3 is 1. The van der Waals surface area contributed by atoms with E-state index in [9.17, 15) is 9.90 Å². The molecule has 0 radical (unpaired) electrons. The molecule has 0 bridgehead atoms. The van der Waals surface area contributed by atoms with Gasteiger partial charge in [0.2, 0.25) is 0 Å². The fraction of sp³-hybridized carbons (Fsp3) is 0.188. The van der Waals surface area contributed by atoms with Crippen LogP contribution in [-0.2, 0) is 0 Å². The van der Waals surface area contributed by atoms with Crippen molar-refractivity contribution in [1.82, 2.24) is 0 Å². The summed E-state index contributed by atoms with van der Waals surface area (Å²) in [6, 6.07) is 11.0. The molecule has 110 valence electrons. The Labute approximate surface area is 123 Å². The average Bonchev–Trinajstić information content (AvgIpc) is 2.48. The molecule has 5 heteroatoms. The molecule has 0 heterocycles. The Hall–Kier alpha value is -2.69. The lowest BCUT2D eigenvalue weighted by molar-refractivity contribution is 0.0698. The topological polar surface area (TPSA) is 75.8 Å². The first-order valence-corrected chi connectivity index (χ1v) is 6.46. The molecular weight excluding hydrogens is 268 g/mol. The second-order valence-electron chi connectivity index (χ2n) is 4.76. The minimum atomic E-state index is -1.04. The van der Waals surface area contributed by atoms with Crippen LogP contribution in [0.15, 0.2) is 36.4 Å². The summed E-state index contributed by atoms with van der Waals surface area (Å²) in [5, 5.41) is 9.24. The van der Waals surface area contributed by atoms with Crippen LogP contribution >= 0.6 is 0 Å². The molecule has 0 aliphatic heterocycles. The third-order valence-corrected chi connectivity index (χ3v) is 3.44. The number of hydrogen-bond donors (Lipinski definition) is 2. The highest BCUT2D eigenvalue weighted by Crippen LogP contribution is 2.34. The zero-order valence-electron chi connectivity index (χ0n) is 12.3. The highest BCUT2D eigenvalue weighted by molar-refractivity contribution is 5.96. The largest absolute Gasteiger partial charge is 0.495 e. The van der Waals surface area contributed by atoms with Crippen LogP contribution in [0.2, 0.25) is 0 Å². The molecule has 0 fully saturated rings. The number of hydrogen-bond acceptors (Lipinski definition) is 4. The van der Waals surface area contributed by atoms with Gasteiger partial charge in [-0.1, -0.05) is 12.1 Å². The van der Waals surface area contributed by atoms with Crippen molar-refractivity contribution >= 4 is 23.0 Å². The van der Waals surface area contributed by atoms with E-state index < -0.39 is 5.97 Å². The second-order valence-corrected chi connectivity index (χ2v) is 4.76. The van der Waals surface area contributed by atoms with Gasteiger partial charge in [-0.05, 0) is 36.8 Å². The minimum Gasteiger partial charge on any atom is -0.495 e. The van der Waals surface area contributed by atoms with Crippen molar-refractivity contribution in [3.05, 3.63) is 47.5 Å². The summed E-state index contributed by atoms with van der Waals surface area (Å²) in [6.07, 6.45) is 0. The van der Waals surface area contributed by atoms with E-state index in [0.29, 0.717) is 11.4 Å². The fourth-order valence-corrected chi connectivity index (χ4v) is 2.20. The van der Waals surface area contributed by atoms with Crippen LogP contribution in [0.5, 0.6) is 5.75 Å². The maximum Gasteiger partial charge on any atom is 0.337 e. The molecule has 0 aliphatic carbocycles. The maximum absolute atomic E-state index is 11.3. The lowest BCUT2D eigenvalue weighted by atomic mass is 10.1. The summed E-state index contributed by atoms with van der Waals surface area (Å²) in [6.45, 7) is 1.79. The number of para-hydroxylation sites is 2. The highest BCUT2D eigenvalue weighted by Gasteiger charge is 2.16. The van der Waals surface area contributed by atoms with E-state index in [4.69, 9.17) is 10.5 Å². The number of aromatic carboxylic acids is 1. The maximum atomic E-state index is 11.3. The molecule has 5 nitrogen and oxygen atoms in total. The van der Waals surface area contributed by atoms with E-state index in [1.807, 2.05) is 42.3 Å². The van der Waals surface area contributed by atoms with Gasteiger partial charge in [0.15, 0.2) is 0 Å². The standard InChI is InChI=1S/C16H18N2O3/c1-10-8-11(9-12(15(10)17)16(19)20)18(2)13-6-4-5-7-14(13)21-3/h4-9H,17H2,1-3H3,(H,19,20). The molecule has 0 saturated heterocycles. The number of nitrogens with zero attached hydrogens (tertiary/aromatic N) is 1. The lowest BCUT2D eigenvalue weighted by Gasteiger charge is -2.23. The highest BCUT2D eigenvalue weighted by atomic mass is 16.5. The SMILES string of the molecule is COc1ccccc1N(C)c1cc(C)c(N)c(C(=O)O)c1. The molecule has 0 aromatic heterocycles. The Morgan fingerprint density at radius 3 is 2.57 bits per heavy atom. The van der Waals surface area contributed by atoms with E-state index in [-0.39, 0.29) is 5.56 Å². The Bertz CT molecular complexity index is 683. The van der Waals surface area contributed by atoms with Crippen LogP contribution in [0.4, 0.5) is 17.1 Å². The van der Waals surface area contributed by atoms with Gasteiger partial charge in [0.1, 0.15) is 5.75 Å². The number of nitrogens with two attached hydrogens (primary N) is 1. The molecule has 3 N–H and O–H groups in total. The number of carboxylic acid groups (broad SMARTS) is 1. The summed E-state index contributed by atoms with van der Waals surface area (Å²) in [5.74, 6) is -0.322. The Morgan fingerprint density at radius 2 is 1.95 bits per heavy atom. The fourth-order valence-electron chi connectivity index (χ4n) is 2.20. The monoisotopic (exact) mass is 286 g/mol. The minimum absolute atomic E-state index is 0.103. The lowest BCUT2D eigenvalue weighted by Crippen LogP contribution is -2.13. The van der Waals surface area contributed by atoms with Crippen molar-refractivity contribution in [2.75, 3.05) is 24.8 Å². The first-order valence-electron chi connectivity index (χ1n) is 6.46. The molecule has 2 rings (SSSR count). The number of anilines is 3. The van der Waals surface area contributed by atoms with Gasteiger partial charge in [0.25, 0.3) is 0 Å². The van der Waals surface area contributed by atoms with Crippen molar-refractivity contribution in [3.8, 4) is 5.75 Å². The van der Waals surface area contributed by atoms with Crippen LogP contribution < -0.4 is 15.4 Å². The molecule has 0 atom stereocenters. The summed E-state index contributed by atoms with van der Waals surface area (Å²) in [7, 11) is 3.46. The number of benzene rings is 2. The van der Waals surface area contributed by atoms with Gasteiger partial charge in [0.05, 0.1) is 18.4 Å². The summed E-state index contributed by atoms with van der Waals surface area (Å²) < 4.78 is 5.34. The smallest absolute Gasteiger partial charge is 0.337 e. The molecule has 0 aliphatic rings. The van der Waals surface area contributed by atoms with Gasteiger partial charge in [-0.3, -0.25) is 0 Å². The molecule has 0 amide bonds. The first-order chi connectivity index (χ1) is 9.95. The number of ether oxygens (including phenoxy) is 1. The number of carboxylic acids is 1. The van der Waals surface area contributed by atoms with E-state index in [1.165, 1.54) is 0 Å². The molecular formula is C16H18N2O3. The molecule has 2 aromatic carbocycles. The summed E-state index contributed by atoms with van der Waals surface area (Å²) in [4.78, 5) is 13.2. The molecule has 0 unspecified atom stereocenters. The van der Waals surface area contributed by atoms with Crippen molar-refractivity contribution in [3.63, 3.8) is 0 Å². The van der Waals surface area contributed by atoms with E-state index in [0.717, 1.165) is 16.9 Å². The van der Waals surface area contributed by atoms with Crippen LogP contribution in [0.1, 0.15) is 15.9 Å². The third-order valence-electron chi connectivity index (χ3n) is 3.44. The Balaban J connectivity index is 2.53. The average molecular weight is 286 g/mol. The number of carbonyl (C=O) groups is 1. The quantitative estimate of drug-likeness (QED) is 0.845. The van der Waals surface area contributed by atoms with E-state index in [1.54, 1.807) is 20.1 Å². The summed E-state index contributed by atoms with van der Waals surface area (Å²) in [5.41, 5.74) is 8.53. The van der Waals surface area contributed by atoms with Gasteiger partial charge in [0, 0.05) is 18.4 Å². The zero-order chi connectivity index (χ0) is 15.6. The van der Waals surface area contributed by atoms with Crippen LogP contribution in [0.3, 0.4) is 0 Å². The van der Waals surface area contributed by atoms with Crippen molar-refractivity contribution in [1.29, 1.82) is 0 Å². The Kier molecular flexibility index (Phi) is 4.03. The van der Waals surface area contributed by atoms with Gasteiger partial charge in [-0.25, -0.2) is 4.79 Å². The predicted octanol–water partition coefficient (Wildman–Crippen LogP) is 3.05. The second kappa shape index (κ2) is 5.75. The van der Waals surface area contributed by atoms with Crippen molar-refractivity contribution < 1.29 is 14.6 Å². The van der Waals surface area contributed by atoms with Gasteiger partial charge in [-0.15, -0.1) is 0 Å². The molecule has 0 spiro atoms. The van der Waals surface area contributed by atoms with Crippen molar-refractivity contribution in [2.45, 2.75) is 6.92 Å². The van der Waals surface area contributed by atoms with Gasteiger partial charge >= 0.3 is 5.97 Å². The first kappa shape index (κ1) is 14.7. The third kappa shape index (κ3) is 2.76. The Morgan fingerprint density at radius 1 is 1.29 bits per heavy atom. The van der Waals surface area contributed by atoms with Crippen LogP contribution in [-0.4, -0.2) is 25.2 Å². The number of nitrogen functional groups attached to an aromatic ring is 1. The van der Waals surface area contributed by atoms with Gasteiger partial charge in [-0.2, -0.15) is 0 Å². The van der Waals surface area contributed by atoms with E-state index >= 15 is 0 Å². The predicted molar refractivity (Wildman–Crippen MR) is 83.6 cm³/mol.